The molecule has 0 aromatic heterocycles. The van der Waals surface area contributed by atoms with Gasteiger partial charge in [-0.3, -0.25) is 9.59 Å². The second-order valence-electron chi connectivity index (χ2n) is 6.15. The first-order valence-corrected chi connectivity index (χ1v) is 8.59. The lowest BCUT2D eigenvalue weighted by Crippen LogP contribution is -2.32. The first-order valence-electron chi connectivity index (χ1n) is 8.59. The highest BCUT2D eigenvalue weighted by Gasteiger charge is 2.24. The molecule has 1 atom stereocenters. The maximum Gasteiger partial charge on any atom is 0.265 e. The zero-order valence-corrected chi connectivity index (χ0v) is 14.2. The van der Waals surface area contributed by atoms with Crippen LogP contribution in [0.25, 0.3) is 0 Å². The first-order chi connectivity index (χ1) is 12.2. The van der Waals surface area contributed by atoms with Gasteiger partial charge in [-0.05, 0) is 49.6 Å². The quantitative estimate of drug-likeness (QED) is 0.813. The average molecular weight is 338 g/mol. The molecule has 0 aliphatic heterocycles. The lowest BCUT2D eigenvalue weighted by atomic mass is 10.1. The van der Waals surface area contributed by atoms with Gasteiger partial charge < -0.3 is 15.4 Å². The van der Waals surface area contributed by atoms with Crippen molar-refractivity contribution in [3.8, 4) is 5.75 Å². The smallest absolute Gasteiger partial charge is 0.265 e. The summed E-state index contributed by atoms with van der Waals surface area (Å²) < 4.78 is 5.74. The minimum absolute atomic E-state index is 0.105. The molecule has 1 saturated carbocycles. The third-order valence-corrected chi connectivity index (χ3v) is 3.99. The molecule has 3 rings (SSSR count). The van der Waals surface area contributed by atoms with Gasteiger partial charge in [0.25, 0.3) is 11.8 Å². The molecule has 1 fully saturated rings. The van der Waals surface area contributed by atoms with Crippen LogP contribution in [-0.4, -0.2) is 24.0 Å². The van der Waals surface area contributed by atoms with Gasteiger partial charge in [-0.2, -0.15) is 0 Å². The summed E-state index contributed by atoms with van der Waals surface area (Å²) in [5.74, 6) is 0.319. The highest BCUT2D eigenvalue weighted by molar-refractivity contribution is 5.98. The number of carbonyl (C=O) groups is 2. The van der Waals surface area contributed by atoms with E-state index in [9.17, 15) is 9.59 Å². The average Bonchev–Trinajstić information content (AvgIpc) is 3.44. The minimum Gasteiger partial charge on any atom is -0.481 e. The fourth-order valence-electron chi connectivity index (χ4n) is 2.44. The number of carbonyl (C=O) groups excluding carboxylic acids is 2. The zero-order valence-electron chi connectivity index (χ0n) is 14.2. The maximum atomic E-state index is 12.5. The highest BCUT2D eigenvalue weighted by Crippen LogP contribution is 2.20. The van der Waals surface area contributed by atoms with Crippen LogP contribution in [0, 0.1) is 0 Å². The molecule has 2 aromatic carbocycles. The topological polar surface area (TPSA) is 67.4 Å². The predicted octanol–water partition coefficient (Wildman–Crippen LogP) is 3.37. The summed E-state index contributed by atoms with van der Waals surface area (Å²) in [7, 11) is 0. The molecule has 2 amide bonds. The first kappa shape index (κ1) is 17.0. The molecule has 2 aromatic rings. The number of ether oxygens (including phenoxy) is 1. The molecule has 1 aliphatic rings. The van der Waals surface area contributed by atoms with Gasteiger partial charge in [0.2, 0.25) is 0 Å². The maximum absolute atomic E-state index is 12.5. The van der Waals surface area contributed by atoms with Crippen LogP contribution in [0.2, 0.25) is 0 Å². The summed E-state index contributed by atoms with van der Waals surface area (Å²) in [6, 6.07) is 16.5. The monoisotopic (exact) mass is 338 g/mol. The van der Waals surface area contributed by atoms with Gasteiger partial charge >= 0.3 is 0 Å². The van der Waals surface area contributed by atoms with Gasteiger partial charge in [0, 0.05) is 17.3 Å². The van der Waals surface area contributed by atoms with Gasteiger partial charge in [-0.15, -0.1) is 0 Å². The van der Waals surface area contributed by atoms with Crippen LogP contribution >= 0.6 is 0 Å². The Kier molecular flexibility index (Phi) is 5.33. The van der Waals surface area contributed by atoms with Crippen molar-refractivity contribution in [3.05, 3.63) is 60.2 Å². The Balaban J connectivity index is 1.63. The van der Waals surface area contributed by atoms with E-state index in [1.165, 1.54) is 0 Å². The van der Waals surface area contributed by atoms with Crippen LogP contribution < -0.4 is 15.4 Å². The van der Waals surface area contributed by atoms with Crippen molar-refractivity contribution in [1.82, 2.24) is 5.32 Å². The van der Waals surface area contributed by atoms with Crippen molar-refractivity contribution in [2.45, 2.75) is 38.3 Å². The Morgan fingerprint density at radius 1 is 1.12 bits per heavy atom. The Morgan fingerprint density at radius 2 is 1.88 bits per heavy atom. The van der Waals surface area contributed by atoms with Crippen molar-refractivity contribution in [2.24, 2.45) is 0 Å². The molecule has 0 saturated heterocycles. The molecule has 5 nitrogen and oxygen atoms in total. The Morgan fingerprint density at radius 3 is 2.56 bits per heavy atom. The van der Waals surface area contributed by atoms with Crippen molar-refractivity contribution >= 4 is 17.5 Å². The number of benzene rings is 2. The molecular weight excluding hydrogens is 316 g/mol. The summed E-state index contributed by atoms with van der Waals surface area (Å²) >= 11 is 0. The van der Waals surface area contributed by atoms with Crippen LogP contribution in [-0.2, 0) is 4.79 Å². The number of hydrogen-bond acceptors (Lipinski definition) is 3. The second-order valence-corrected chi connectivity index (χ2v) is 6.15. The fourth-order valence-corrected chi connectivity index (χ4v) is 2.44. The zero-order chi connectivity index (χ0) is 17.6. The normalized spacial score (nSPS) is 14.4. The lowest BCUT2D eigenvalue weighted by molar-refractivity contribution is -0.122. The van der Waals surface area contributed by atoms with Crippen LogP contribution in [0.3, 0.4) is 0 Å². The molecule has 0 spiro atoms. The molecule has 25 heavy (non-hydrogen) atoms. The van der Waals surface area contributed by atoms with E-state index < -0.39 is 6.10 Å². The van der Waals surface area contributed by atoms with Crippen LogP contribution in [0.15, 0.2) is 54.6 Å². The number of hydrogen-bond donors (Lipinski definition) is 2. The van der Waals surface area contributed by atoms with Crippen molar-refractivity contribution in [2.75, 3.05) is 5.32 Å². The molecule has 130 valence electrons. The molecule has 2 N–H and O–H groups in total. The third-order valence-electron chi connectivity index (χ3n) is 3.99. The summed E-state index contributed by atoms with van der Waals surface area (Å²) in [6.45, 7) is 1.90. The number of amides is 2. The highest BCUT2D eigenvalue weighted by atomic mass is 16.5. The fraction of sp³-hybridized carbons (Fsp3) is 0.300. The van der Waals surface area contributed by atoms with Gasteiger partial charge in [0.1, 0.15) is 5.75 Å². The number of para-hydroxylation sites is 1. The Bertz CT molecular complexity index is 742. The van der Waals surface area contributed by atoms with E-state index in [4.69, 9.17) is 4.74 Å². The van der Waals surface area contributed by atoms with Gasteiger partial charge in [-0.25, -0.2) is 0 Å². The number of anilines is 1. The van der Waals surface area contributed by atoms with Crippen LogP contribution in [0.5, 0.6) is 5.75 Å². The molecule has 1 unspecified atom stereocenters. The SMILES string of the molecule is CCC(Oc1ccccc1)C(=O)Nc1cccc(C(=O)NC2CC2)c1. The molecule has 0 bridgehead atoms. The van der Waals surface area contributed by atoms with E-state index in [0.29, 0.717) is 29.5 Å². The second kappa shape index (κ2) is 7.83. The molecule has 0 radical (unpaired) electrons. The molecule has 1 aliphatic carbocycles. The molecule has 0 heterocycles. The summed E-state index contributed by atoms with van der Waals surface area (Å²) in [6.07, 6.45) is 2.03. The van der Waals surface area contributed by atoms with E-state index >= 15 is 0 Å². The Hall–Kier alpha value is -2.82. The van der Waals surface area contributed by atoms with Crippen LogP contribution in [0.4, 0.5) is 5.69 Å². The third kappa shape index (κ3) is 4.83. The van der Waals surface area contributed by atoms with Gasteiger partial charge in [0.05, 0.1) is 0 Å². The van der Waals surface area contributed by atoms with Crippen molar-refractivity contribution in [1.29, 1.82) is 0 Å². The van der Waals surface area contributed by atoms with E-state index in [1.807, 2.05) is 37.3 Å². The van der Waals surface area contributed by atoms with Crippen molar-refractivity contribution in [3.63, 3.8) is 0 Å². The summed E-state index contributed by atoms with van der Waals surface area (Å²) in [5, 5.41) is 5.77. The van der Waals surface area contributed by atoms with Gasteiger partial charge in [0.15, 0.2) is 6.10 Å². The predicted molar refractivity (Wildman–Crippen MR) is 96.7 cm³/mol. The van der Waals surface area contributed by atoms with Gasteiger partial charge in [-0.1, -0.05) is 31.2 Å². The molecular formula is C20H22N2O3. The number of rotatable bonds is 7. The number of nitrogens with one attached hydrogen (secondary N) is 2. The van der Waals surface area contributed by atoms with Crippen LogP contribution in [0.1, 0.15) is 36.5 Å². The Labute approximate surface area is 147 Å². The summed E-state index contributed by atoms with van der Waals surface area (Å²) in [5.41, 5.74) is 1.13. The van der Waals surface area contributed by atoms with Crippen molar-refractivity contribution < 1.29 is 14.3 Å². The van der Waals surface area contributed by atoms with E-state index in [2.05, 4.69) is 10.6 Å². The van der Waals surface area contributed by atoms with E-state index in [-0.39, 0.29) is 11.8 Å². The minimum atomic E-state index is -0.591. The van der Waals surface area contributed by atoms with E-state index in [0.717, 1.165) is 12.8 Å². The largest absolute Gasteiger partial charge is 0.481 e. The van der Waals surface area contributed by atoms with E-state index in [1.54, 1.807) is 24.3 Å². The standard InChI is InChI=1S/C20H22N2O3/c1-2-18(25-17-9-4-3-5-10-17)20(24)22-16-8-6-7-14(13-16)19(23)21-15-11-12-15/h3-10,13,15,18H,2,11-12H2,1H3,(H,21,23)(H,22,24). The summed E-state index contributed by atoms with van der Waals surface area (Å²) in [4.78, 5) is 24.6. The lowest BCUT2D eigenvalue weighted by Gasteiger charge is -2.17. The molecule has 5 heteroatoms.